The highest BCUT2D eigenvalue weighted by Gasteiger charge is 2.13. The molecule has 2 rings (SSSR count). The van der Waals surface area contributed by atoms with Gasteiger partial charge in [-0.25, -0.2) is 9.78 Å². The van der Waals surface area contributed by atoms with E-state index in [1.54, 1.807) is 17.9 Å². The standard InChI is InChI=1S/C14H21N5O2S/c1-10-9-22-13(15-10)11(2)16-14(20)17-12-5-7-19(18-12)6-4-8-21-3/h5,7,9,11H,4,6,8H2,1-3H3,(H2,16,17,18,20)/t11-/m0/s1. The number of rotatable bonds is 7. The number of aryl methyl sites for hydroxylation is 2. The molecule has 0 fully saturated rings. The predicted molar refractivity (Wildman–Crippen MR) is 86.1 cm³/mol. The van der Waals surface area contributed by atoms with Gasteiger partial charge in [0.25, 0.3) is 0 Å². The summed E-state index contributed by atoms with van der Waals surface area (Å²) < 4.78 is 6.78. The Bertz CT molecular complexity index is 610. The third-order valence-corrected chi connectivity index (χ3v) is 4.12. The summed E-state index contributed by atoms with van der Waals surface area (Å²) in [6, 6.07) is 1.34. The molecule has 0 saturated carbocycles. The van der Waals surface area contributed by atoms with Crippen LogP contribution in [0.2, 0.25) is 0 Å². The molecule has 1 atom stereocenters. The molecule has 2 N–H and O–H groups in total. The Morgan fingerprint density at radius 1 is 1.55 bits per heavy atom. The Morgan fingerprint density at radius 2 is 2.36 bits per heavy atom. The van der Waals surface area contributed by atoms with Gasteiger partial charge in [0.1, 0.15) is 5.01 Å². The fourth-order valence-electron chi connectivity index (χ4n) is 1.91. The minimum absolute atomic E-state index is 0.137. The number of thiazole rings is 1. The van der Waals surface area contributed by atoms with E-state index in [2.05, 4.69) is 20.7 Å². The van der Waals surface area contributed by atoms with Gasteiger partial charge in [-0.2, -0.15) is 5.10 Å². The highest BCUT2D eigenvalue weighted by Crippen LogP contribution is 2.17. The molecule has 0 saturated heterocycles. The van der Waals surface area contributed by atoms with E-state index in [4.69, 9.17) is 4.74 Å². The zero-order valence-corrected chi connectivity index (χ0v) is 13.8. The predicted octanol–water partition coefficient (Wildman–Crippen LogP) is 2.57. The molecular weight excluding hydrogens is 302 g/mol. The number of urea groups is 1. The molecule has 120 valence electrons. The second kappa shape index (κ2) is 7.90. The first-order valence-electron chi connectivity index (χ1n) is 7.10. The first-order chi connectivity index (χ1) is 10.6. The van der Waals surface area contributed by atoms with Crippen molar-refractivity contribution in [1.82, 2.24) is 20.1 Å². The number of nitrogens with one attached hydrogen (secondary N) is 2. The number of nitrogens with zero attached hydrogens (tertiary/aromatic N) is 3. The van der Waals surface area contributed by atoms with Crippen LogP contribution in [0.15, 0.2) is 17.6 Å². The van der Waals surface area contributed by atoms with Crippen LogP contribution in [0.1, 0.15) is 30.1 Å². The van der Waals surface area contributed by atoms with Gasteiger partial charge in [0.2, 0.25) is 0 Å². The van der Waals surface area contributed by atoms with Crippen molar-refractivity contribution in [3.05, 3.63) is 28.3 Å². The molecule has 0 radical (unpaired) electrons. The summed E-state index contributed by atoms with van der Waals surface area (Å²) in [7, 11) is 1.67. The summed E-state index contributed by atoms with van der Waals surface area (Å²) in [6.45, 7) is 5.28. The van der Waals surface area contributed by atoms with Gasteiger partial charge >= 0.3 is 6.03 Å². The minimum atomic E-state index is -0.289. The van der Waals surface area contributed by atoms with Crippen LogP contribution in [0, 0.1) is 6.92 Å². The van der Waals surface area contributed by atoms with E-state index in [1.807, 2.05) is 25.4 Å². The number of aromatic nitrogens is 3. The zero-order chi connectivity index (χ0) is 15.9. The van der Waals surface area contributed by atoms with Crippen molar-refractivity contribution < 1.29 is 9.53 Å². The maximum atomic E-state index is 12.0. The van der Waals surface area contributed by atoms with Crippen LogP contribution < -0.4 is 10.6 Å². The molecule has 2 amide bonds. The molecule has 2 heterocycles. The molecule has 0 aliphatic rings. The molecule has 0 spiro atoms. The molecule has 2 aromatic heterocycles. The summed E-state index contributed by atoms with van der Waals surface area (Å²) >= 11 is 1.54. The highest BCUT2D eigenvalue weighted by molar-refractivity contribution is 7.09. The fourth-order valence-corrected chi connectivity index (χ4v) is 2.71. The number of hydrogen-bond donors (Lipinski definition) is 2. The molecule has 0 unspecified atom stereocenters. The molecule has 22 heavy (non-hydrogen) atoms. The second-order valence-corrected chi connectivity index (χ2v) is 5.85. The Labute approximate surface area is 133 Å². The van der Waals surface area contributed by atoms with E-state index in [1.165, 1.54) is 11.3 Å². The first-order valence-corrected chi connectivity index (χ1v) is 7.98. The fraction of sp³-hybridized carbons (Fsp3) is 0.500. The van der Waals surface area contributed by atoms with Crippen LogP contribution in [-0.2, 0) is 11.3 Å². The lowest BCUT2D eigenvalue weighted by Gasteiger charge is -2.11. The summed E-state index contributed by atoms with van der Waals surface area (Å²) in [5.41, 5.74) is 0.962. The topological polar surface area (TPSA) is 81.1 Å². The molecule has 0 bridgehead atoms. The van der Waals surface area contributed by atoms with E-state index in [-0.39, 0.29) is 12.1 Å². The van der Waals surface area contributed by atoms with Gasteiger partial charge in [-0.1, -0.05) is 0 Å². The lowest BCUT2D eigenvalue weighted by atomic mass is 10.3. The molecule has 2 aromatic rings. The van der Waals surface area contributed by atoms with Crippen LogP contribution in [0.3, 0.4) is 0 Å². The Hall–Kier alpha value is -1.93. The van der Waals surface area contributed by atoms with Crippen molar-refractivity contribution >= 4 is 23.2 Å². The lowest BCUT2D eigenvalue weighted by molar-refractivity contribution is 0.189. The van der Waals surface area contributed by atoms with Crippen molar-refractivity contribution in [1.29, 1.82) is 0 Å². The number of carbonyl (C=O) groups is 1. The third-order valence-electron chi connectivity index (χ3n) is 2.97. The average molecular weight is 323 g/mol. The van der Waals surface area contributed by atoms with E-state index < -0.39 is 0 Å². The SMILES string of the molecule is COCCCn1ccc(NC(=O)N[C@@H](C)c2nc(C)cs2)n1. The van der Waals surface area contributed by atoms with E-state index in [0.29, 0.717) is 12.4 Å². The normalized spacial score (nSPS) is 12.1. The highest BCUT2D eigenvalue weighted by atomic mass is 32.1. The van der Waals surface area contributed by atoms with Crippen LogP contribution in [0.5, 0.6) is 0 Å². The van der Waals surface area contributed by atoms with Gasteiger partial charge in [-0.05, 0) is 20.3 Å². The number of carbonyl (C=O) groups excluding carboxylic acids is 1. The quantitative estimate of drug-likeness (QED) is 0.767. The number of amides is 2. The van der Waals surface area contributed by atoms with Crippen LogP contribution >= 0.6 is 11.3 Å². The number of ether oxygens (including phenoxy) is 1. The Balaban J connectivity index is 1.81. The van der Waals surface area contributed by atoms with Crippen molar-refractivity contribution in [2.45, 2.75) is 32.9 Å². The summed E-state index contributed by atoms with van der Waals surface area (Å²) in [5.74, 6) is 0.525. The molecule has 0 aliphatic carbocycles. The van der Waals surface area contributed by atoms with Crippen molar-refractivity contribution in [3.63, 3.8) is 0 Å². The van der Waals surface area contributed by atoms with Crippen LogP contribution in [-0.4, -0.2) is 34.5 Å². The van der Waals surface area contributed by atoms with Gasteiger partial charge in [0.15, 0.2) is 5.82 Å². The van der Waals surface area contributed by atoms with Gasteiger partial charge in [-0.15, -0.1) is 11.3 Å². The molecule has 0 aromatic carbocycles. The maximum absolute atomic E-state index is 12.0. The smallest absolute Gasteiger partial charge is 0.321 e. The zero-order valence-electron chi connectivity index (χ0n) is 13.0. The van der Waals surface area contributed by atoms with E-state index in [9.17, 15) is 4.79 Å². The van der Waals surface area contributed by atoms with Crippen LogP contribution in [0.25, 0.3) is 0 Å². The number of methoxy groups -OCH3 is 1. The molecular formula is C14H21N5O2S. The maximum Gasteiger partial charge on any atom is 0.321 e. The Morgan fingerprint density at radius 3 is 3.05 bits per heavy atom. The summed E-state index contributed by atoms with van der Waals surface area (Å²) in [6.07, 6.45) is 2.71. The molecule has 0 aliphatic heterocycles. The Kier molecular flexibility index (Phi) is 5.91. The van der Waals surface area contributed by atoms with Gasteiger partial charge in [0, 0.05) is 43.6 Å². The van der Waals surface area contributed by atoms with Crippen molar-refractivity contribution in [2.24, 2.45) is 0 Å². The summed E-state index contributed by atoms with van der Waals surface area (Å²) in [5, 5.41) is 12.7. The van der Waals surface area contributed by atoms with Crippen LogP contribution in [0.4, 0.5) is 10.6 Å². The number of hydrogen-bond acceptors (Lipinski definition) is 5. The van der Waals surface area contributed by atoms with Crippen molar-refractivity contribution in [2.75, 3.05) is 19.0 Å². The molecule has 8 heteroatoms. The first kappa shape index (κ1) is 16.4. The molecule has 7 nitrogen and oxygen atoms in total. The minimum Gasteiger partial charge on any atom is -0.385 e. The monoisotopic (exact) mass is 323 g/mol. The largest absolute Gasteiger partial charge is 0.385 e. The lowest BCUT2D eigenvalue weighted by Crippen LogP contribution is -2.31. The van der Waals surface area contributed by atoms with E-state index in [0.717, 1.165) is 23.7 Å². The second-order valence-electron chi connectivity index (χ2n) is 4.96. The number of anilines is 1. The van der Waals surface area contributed by atoms with Gasteiger partial charge < -0.3 is 10.1 Å². The third kappa shape index (κ3) is 4.81. The van der Waals surface area contributed by atoms with E-state index >= 15 is 0 Å². The average Bonchev–Trinajstić information content (AvgIpc) is 3.08. The van der Waals surface area contributed by atoms with Gasteiger partial charge in [0.05, 0.1) is 6.04 Å². The summed E-state index contributed by atoms with van der Waals surface area (Å²) in [4.78, 5) is 16.3. The van der Waals surface area contributed by atoms with Crippen molar-refractivity contribution in [3.8, 4) is 0 Å². The van der Waals surface area contributed by atoms with Gasteiger partial charge in [-0.3, -0.25) is 10.00 Å².